The molecule has 0 aromatic heterocycles. The molecule has 0 spiro atoms. The predicted octanol–water partition coefficient (Wildman–Crippen LogP) is 2.81. The summed E-state index contributed by atoms with van der Waals surface area (Å²) in [5.41, 5.74) is 2.02. The Morgan fingerprint density at radius 1 is 1.00 bits per heavy atom. The van der Waals surface area contributed by atoms with Gasteiger partial charge >= 0.3 is 0 Å². The van der Waals surface area contributed by atoms with Gasteiger partial charge in [-0.15, -0.1) is 0 Å². The van der Waals surface area contributed by atoms with Gasteiger partial charge in [-0.3, -0.25) is 9.59 Å². The zero-order valence-corrected chi connectivity index (χ0v) is 16.2. The Morgan fingerprint density at radius 3 is 2.50 bits per heavy atom. The van der Waals surface area contributed by atoms with E-state index in [9.17, 15) is 9.59 Å². The van der Waals surface area contributed by atoms with Crippen LogP contribution >= 0.6 is 0 Å². The van der Waals surface area contributed by atoms with Crippen molar-refractivity contribution in [2.75, 3.05) is 6.79 Å². The van der Waals surface area contributed by atoms with Gasteiger partial charge in [-0.1, -0.05) is 50.2 Å². The van der Waals surface area contributed by atoms with Crippen LogP contribution in [0.1, 0.15) is 31.4 Å². The third kappa shape index (κ3) is 5.25. The summed E-state index contributed by atoms with van der Waals surface area (Å²) in [5, 5.41) is 5.77. The van der Waals surface area contributed by atoms with E-state index >= 15 is 0 Å². The minimum atomic E-state index is -0.572. The summed E-state index contributed by atoms with van der Waals surface area (Å²) in [5.74, 6) is 1.06. The van der Waals surface area contributed by atoms with Crippen LogP contribution in [0.5, 0.6) is 11.5 Å². The number of aryl methyl sites for hydroxylation is 1. The fraction of sp³-hybridized carbons (Fsp3) is 0.364. The van der Waals surface area contributed by atoms with E-state index in [1.807, 2.05) is 62.4 Å². The van der Waals surface area contributed by atoms with Gasteiger partial charge in [0, 0.05) is 13.0 Å². The normalized spacial score (nSPS) is 13.2. The minimum absolute atomic E-state index is 0.0163. The molecule has 1 atom stereocenters. The van der Waals surface area contributed by atoms with Gasteiger partial charge in [-0.05, 0) is 35.6 Å². The fourth-order valence-corrected chi connectivity index (χ4v) is 3.03. The molecule has 1 aliphatic heterocycles. The van der Waals surface area contributed by atoms with Gasteiger partial charge in [0.05, 0.1) is 0 Å². The van der Waals surface area contributed by atoms with Gasteiger partial charge in [0.25, 0.3) is 0 Å². The van der Waals surface area contributed by atoms with Crippen molar-refractivity contribution in [1.29, 1.82) is 0 Å². The second-order valence-electron chi connectivity index (χ2n) is 7.18. The maximum atomic E-state index is 12.6. The molecule has 3 rings (SSSR count). The van der Waals surface area contributed by atoms with Crippen LogP contribution in [0.15, 0.2) is 48.5 Å². The summed E-state index contributed by atoms with van der Waals surface area (Å²) in [6.45, 7) is 4.42. The summed E-state index contributed by atoms with van der Waals surface area (Å²) >= 11 is 0. The third-order valence-electron chi connectivity index (χ3n) is 4.65. The zero-order chi connectivity index (χ0) is 19.9. The molecule has 0 fully saturated rings. The number of nitrogens with one attached hydrogen (secondary N) is 2. The van der Waals surface area contributed by atoms with Crippen LogP contribution in [0.25, 0.3) is 0 Å². The van der Waals surface area contributed by atoms with Crippen LogP contribution in [0.3, 0.4) is 0 Å². The Labute approximate surface area is 165 Å². The molecule has 0 saturated carbocycles. The smallest absolute Gasteiger partial charge is 0.243 e. The maximum absolute atomic E-state index is 12.6. The SMILES string of the molecule is CC(C)[C@@H](NC(=O)CCc1ccccc1)C(=O)NCc1ccc2c(c1)OCO2. The molecule has 2 amide bonds. The number of carbonyl (C=O) groups is 2. The molecule has 0 saturated heterocycles. The molecule has 2 N–H and O–H groups in total. The van der Waals surface area contributed by atoms with Gasteiger partial charge in [0.1, 0.15) is 6.04 Å². The highest BCUT2D eigenvalue weighted by molar-refractivity contribution is 5.87. The molecule has 0 unspecified atom stereocenters. The highest BCUT2D eigenvalue weighted by Crippen LogP contribution is 2.32. The monoisotopic (exact) mass is 382 g/mol. The molecule has 1 heterocycles. The molecule has 0 aliphatic carbocycles. The van der Waals surface area contributed by atoms with Crippen LogP contribution in [0, 0.1) is 5.92 Å². The van der Waals surface area contributed by atoms with Crippen LogP contribution in [0.2, 0.25) is 0 Å². The Kier molecular flexibility index (Phi) is 6.53. The van der Waals surface area contributed by atoms with Crippen LogP contribution < -0.4 is 20.1 Å². The van der Waals surface area contributed by atoms with E-state index in [2.05, 4.69) is 10.6 Å². The number of hydrogen-bond donors (Lipinski definition) is 2. The number of fused-ring (bicyclic) bond motifs is 1. The molecular weight excluding hydrogens is 356 g/mol. The summed E-state index contributed by atoms with van der Waals surface area (Å²) in [6, 6.07) is 14.8. The van der Waals surface area contributed by atoms with Crippen molar-refractivity contribution in [2.24, 2.45) is 5.92 Å². The Balaban J connectivity index is 1.51. The Morgan fingerprint density at radius 2 is 1.75 bits per heavy atom. The van der Waals surface area contributed by atoms with Crippen LogP contribution in [-0.4, -0.2) is 24.6 Å². The molecule has 28 heavy (non-hydrogen) atoms. The lowest BCUT2D eigenvalue weighted by Crippen LogP contribution is -2.49. The summed E-state index contributed by atoms with van der Waals surface area (Å²) in [7, 11) is 0. The molecule has 6 nitrogen and oxygen atoms in total. The molecule has 2 aromatic carbocycles. The Bertz CT molecular complexity index is 821. The van der Waals surface area contributed by atoms with E-state index in [1.165, 1.54) is 0 Å². The van der Waals surface area contributed by atoms with Crippen LogP contribution in [0.4, 0.5) is 0 Å². The number of rotatable bonds is 8. The maximum Gasteiger partial charge on any atom is 0.243 e. The fourth-order valence-electron chi connectivity index (χ4n) is 3.03. The minimum Gasteiger partial charge on any atom is -0.454 e. The van der Waals surface area contributed by atoms with Gasteiger partial charge in [-0.25, -0.2) is 0 Å². The quantitative estimate of drug-likeness (QED) is 0.736. The molecule has 148 valence electrons. The second kappa shape index (κ2) is 9.26. The highest BCUT2D eigenvalue weighted by Gasteiger charge is 2.24. The average molecular weight is 382 g/mol. The summed E-state index contributed by atoms with van der Waals surface area (Å²) in [6.07, 6.45) is 0.999. The standard InChI is InChI=1S/C22H26N2O4/c1-15(2)21(24-20(25)11-9-16-6-4-3-5-7-16)22(26)23-13-17-8-10-18-19(12-17)28-14-27-18/h3-8,10,12,15,21H,9,11,13-14H2,1-2H3,(H,23,26)(H,24,25)/t21-/m1/s1. The van der Waals surface area contributed by atoms with E-state index < -0.39 is 6.04 Å². The van der Waals surface area contributed by atoms with Gasteiger partial charge in [-0.2, -0.15) is 0 Å². The molecule has 0 radical (unpaired) electrons. The van der Waals surface area contributed by atoms with Crippen molar-refractivity contribution >= 4 is 11.8 Å². The van der Waals surface area contributed by atoms with E-state index in [-0.39, 0.29) is 24.5 Å². The van der Waals surface area contributed by atoms with Crippen molar-refractivity contribution in [2.45, 2.75) is 39.3 Å². The molecule has 0 bridgehead atoms. The molecule has 1 aliphatic rings. The van der Waals surface area contributed by atoms with Crippen LogP contribution in [-0.2, 0) is 22.6 Å². The first-order chi connectivity index (χ1) is 13.5. The molecule has 2 aromatic rings. The zero-order valence-electron chi connectivity index (χ0n) is 16.2. The summed E-state index contributed by atoms with van der Waals surface area (Å²) < 4.78 is 10.6. The largest absolute Gasteiger partial charge is 0.454 e. The number of hydrogen-bond acceptors (Lipinski definition) is 4. The van der Waals surface area contributed by atoms with E-state index in [0.29, 0.717) is 30.9 Å². The molecule has 6 heteroatoms. The van der Waals surface area contributed by atoms with E-state index in [0.717, 1.165) is 11.1 Å². The topological polar surface area (TPSA) is 76.7 Å². The lowest BCUT2D eigenvalue weighted by molar-refractivity contribution is -0.130. The van der Waals surface area contributed by atoms with E-state index in [1.54, 1.807) is 0 Å². The van der Waals surface area contributed by atoms with Crippen molar-refractivity contribution in [3.8, 4) is 11.5 Å². The second-order valence-corrected chi connectivity index (χ2v) is 7.18. The number of ether oxygens (including phenoxy) is 2. The molecular formula is C22H26N2O4. The number of benzene rings is 2. The first-order valence-corrected chi connectivity index (χ1v) is 9.52. The van der Waals surface area contributed by atoms with Crippen molar-refractivity contribution in [3.63, 3.8) is 0 Å². The lowest BCUT2D eigenvalue weighted by Gasteiger charge is -2.22. The number of carbonyl (C=O) groups excluding carboxylic acids is 2. The van der Waals surface area contributed by atoms with Crippen molar-refractivity contribution in [1.82, 2.24) is 10.6 Å². The van der Waals surface area contributed by atoms with Crippen molar-refractivity contribution in [3.05, 3.63) is 59.7 Å². The average Bonchev–Trinajstić information content (AvgIpc) is 3.17. The number of amides is 2. The predicted molar refractivity (Wildman–Crippen MR) is 106 cm³/mol. The first kappa shape index (κ1) is 19.7. The lowest BCUT2D eigenvalue weighted by atomic mass is 10.0. The van der Waals surface area contributed by atoms with Crippen molar-refractivity contribution < 1.29 is 19.1 Å². The third-order valence-corrected chi connectivity index (χ3v) is 4.65. The van der Waals surface area contributed by atoms with Gasteiger partial charge < -0.3 is 20.1 Å². The van der Waals surface area contributed by atoms with Gasteiger partial charge in [0.15, 0.2) is 11.5 Å². The Hall–Kier alpha value is -3.02. The summed E-state index contributed by atoms with van der Waals surface area (Å²) in [4.78, 5) is 24.9. The van der Waals surface area contributed by atoms with E-state index in [4.69, 9.17) is 9.47 Å². The highest BCUT2D eigenvalue weighted by atomic mass is 16.7. The first-order valence-electron chi connectivity index (χ1n) is 9.52. The van der Waals surface area contributed by atoms with Gasteiger partial charge in [0.2, 0.25) is 18.6 Å².